The maximum Gasteiger partial charge on any atom is 0.170 e. The Labute approximate surface area is 283 Å². The van der Waals surface area contributed by atoms with Gasteiger partial charge in [0, 0.05) is 41.5 Å². The van der Waals surface area contributed by atoms with Gasteiger partial charge in [-0.25, -0.2) is 4.98 Å². The van der Waals surface area contributed by atoms with Crippen LogP contribution in [0.2, 0.25) is 0 Å². The fourth-order valence-corrected chi connectivity index (χ4v) is 7.70. The van der Waals surface area contributed by atoms with E-state index in [1.54, 1.807) is 24.5 Å². The highest BCUT2D eigenvalue weighted by atomic mass is 16.5. The molecule has 1 aromatic carbocycles. The predicted molar refractivity (Wildman–Crippen MR) is 186 cm³/mol. The first-order valence-corrected chi connectivity index (χ1v) is 17.5. The lowest BCUT2D eigenvalue weighted by Gasteiger charge is -2.42. The highest BCUT2D eigenvalue weighted by Crippen LogP contribution is 2.53. The van der Waals surface area contributed by atoms with Crippen LogP contribution in [0.1, 0.15) is 111 Å². The maximum atomic E-state index is 13.0. The number of phenolic OH excluding ortho intramolecular Hbond substituents is 1. The third-order valence-electron chi connectivity index (χ3n) is 10.4. The summed E-state index contributed by atoms with van der Waals surface area (Å²) in [5.41, 5.74) is 8.83. The molecule has 5 N–H and O–H groups in total. The Hall–Kier alpha value is -3.95. The number of aromatic nitrogens is 2. The second-order valence-corrected chi connectivity index (χ2v) is 13.7. The van der Waals surface area contributed by atoms with Crippen LogP contribution in [0.15, 0.2) is 48.8 Å². The Kier molecular flexibility index (Phi) is 12.1. The molecule has 3 unspecified atom stereocenters. The van der Waals surface area contributed by atoms with E-state index in [4.69, 9.17) is 10.5 Å². The number of carbonyl (C=O) groups excluding carboxylic acids is 2. The topological polar surface area (TPSA) is 157 Å². The van der Waals surface area contributed by atoms with Gasteiger partial charge in [0.05, 0.1) is 13.7 Å². The van der Waals surface area contributed by atoms with Crippen LogP contribution in [0.5, 0.6) is 11.5 Å². The van der Waals surface area contributed by atoms with Gasteiger partial charge >= 0.3 is 0 Å². The van der Waals surface area contributed by atoms with E-state index in [1.165, 1.54) is 52.1 Å². The first-order chi connectivity index (χ1) is 23.3. The van der Waals surface area contributed by atoms with Crippen LogP contribution in [0.4, 0.5) is 5.82 Å². The summed E-state index contributed by atoms with van der Waals surface area (Å²) in [5.74, 6) is -0.203. The van der Waals surface area contributed by atoms with Crippen molar-refractivity contribution in [3.05, 3.63) is 76.7 Å². The molecule has 2 aliphatic rings. The second-order valence-electron chi connectivity index (χ2n) is 13.7. The van der Waals surface area contributed by atoms with Crippen molar-refractivity contribution in [1.29, 1.82) is 0 Å². The number of hydrogen-bond donors (Lipinski definition) is 4. The number of aliphatic hydroxyl groups excluding tert-OH is 2. The number of aliphatic hydroxyl groups is 2. The maximum absolute atomic E-state index is 13.0. The fourth-order valence-electron chi connectivity index (χ4n) is 7.70. The first-order valence-electron chi connectivity index (χ1n) is 17.5. The van der Waals surface area contributed by atoms with Crippen LogP contribution < -0.4 is 15.5 Å². The Bertz CT molecular complexity index is 1560. The molecule has 0 amide bonds. The van der Waals surface area contributed by atoms with E-state index in [9.17, 15) is 24.9 Å². The number of nitrogen functional groups attached to an aromatic ring is 1. The summed E-state index contributed by atoms with van der Waals surface area (Å²) in [5, 5.41) is 33.0. The number of phenols is 1. The van der Waals surface area contributed by atoms with Crippen LogP contribution >= 0.6 is 0 Å². The zero-order chi connectivity index (χ0) is 34.1. The number of hydrogen-bond acceptors (Lipinski definition) is 8. The van der Waals surface area contributed by atoms with Crippen molar-refractivity contribution in [2.24, 2.45) is 11.3 Å². The third-order valence-corrected chi connectivity index (χ3v) is 10.4. The number of unbranched alkanes of at least 4 members (excludes halogenated alkanes) is 3. The molecule has 3 aromatic rings. The van der Waals surface area contributed by atoms with Crippen molar-refractivity contribution in [1.82, 2.24) is 9.97 Å². The van der Waals surface area contributed by atoms with Crippen LogP contribution in [0.25, 0.3) is 6.08 Å². The number of pyridine rings is 1. The molecule has 9 heteroatoms. The number of aromatic hydroxyl groups is 1. The van der Waals surface area contributed by atoms with Crippen LogP contribution in [0.3, 0.4) is 0 Å². The largest absolute Gasteiger partial charge is 0.668 e. The minimum Gasteiger partial charge on any atom is -0.668 e. The predicted octanol–water partition coefficient (Wildman–Crippen LogP) is 6.07. The van der Waals surface area contributed by atoms with Gasteiger partial charge in [-0.2, -0.15) is 11.9 Å². The normalized spacial score (nSPS) is 19.9. The van der Waals surface area contributed by atoms with Crippen molar-refractivity contribution in [3.63, 3.8) is 0 Å². The van der Waals surface area contributed by atoms with Crippen molar-refractivity contribution in [2.75, 3.05) is 19.5 Å². The lowest BCUT2D eigenvalue weighted by Crippen LogP contribution is -2.37. The van der Waals surface area contributed by atoms with E-state index in [2.05, 4.69) is 9.97 Å². The standard InChI is InChI=1S/C39H50N3O6/c1-48-34-23-27(15-16-33(45)37(47)32(44)14-8-3-2-5-10-26-11-6-4-7-12-26)22-31(36(34)46)35-29-18-21-42-38(40)30(29)17-19-39(35,25-43)24-28-13-9-20-41-28/h9,13,17-23,26,35,37,43,46-47H,2-8,10-12,14-16,24-25H2,1H3,(H2,40,42)/q-1. The van der Waals surface area contributed by atoms with Gasteiger partial charge in [-0.1, -0.05) is 88.1 Å². The number of fused-ring (bicyclic) bond motifs is 1. The van der Waals surface area contributed by atoms with Gasteiger partial charge in [0.2, 0.25) is 0 Å². The Morgan fingerprint density at radius 2 is 1.83 bits per heavy atom. The molecule has 0 bridgehead atoms. The SMILES string of the molecule is COc1cc(CCC(=O)C(O)C(=O)CCCCCCC2CCCCC2)cc(C2c3ccnc(N)c3C=CC2(CO)Cc2ccc[n-]2)c1O. The smallest absolute Gasteiger partial charge is 0.170 e. The average molecular weight is 657 g/mol. The number of Topliss-reactive ketones (excluding diaryl/α,β-unsaturated/α-hetero) is 2. The summed E-state index contributed by atoms with van der Waals surface area (Å²) in [6.45, 7) is -0.248. The second kappa shape index (κ2) is 16.4. The molecule has 2 aromatic heterocycles. The zero-order valence-electron chi connectivity index (χ0n) is 28.1. The van der Waals surface area contributed by atoms with Crippen molar-refractivity contribution in [2.45, 2.75) is 102 Å². The van der Waals surface area contributed by atoms with E-state index in [0.29, 0.717) is 35.3 Å². The Morgan fingerprint density at radius 1 is 1.06 bits per heavy atom. The van der Waals surface area contributed by atoms with Gasteiger partial charge in [-0.3, -0.25) is 9.59 Å². The molecule has 1 fully saturated rings. The highest BCUT2D eigenvalue weighted by molar-refractivity contribution is 6.05. The molecule has 48 heavy (non-hydrogen) atoms. The van der Waals surface area contributed by atoms with Gasteiger partial charge in [-0.15, -0.1) is 0 Å². The molecule has 0 spiro atoms. The lowest BCUT2D eigenvalue weighted by atomic mass is 9.63. The fraction of sp³-hybridized carbons (Fsp3) is 0.513. The van der Waals surface area contributed by atoms with Crippen LogP contribution in [-0.4, -0.2) is 51.7 Å². The number of benzene rings is 1. The summed E-state index contributed by atoms with van der Waals surface area (Å²) >= 11 is 0. The summed E-state index contributed by atoms with van der Waals surface area (Å²) < 4.78 is 5.57. The molecule has 0 saturated heterocycles. The number of ketones is 2. The quantitative estimate of drug-likeness (QED) is 0.100. The van der Waals surface area contributed by atoms with Crippen LogP contribution in [0, 0.1) is 11.3 Å². The molecular weight excluding hydrogens is 606 g/mol. The molecule has 2 heterocycles. The van der Waals surface area contributed by atoms with Crippen LogP contribution in [-0.2, 0) is 22.4 Å². The summed E-state index contributed by atoms with van der Waals surface area (Å²) in [6, 6.07) is 9.04. The minimum absolute atomic E-state index is 0.0533. The first kappa shape index (κ1) is 35.4. The molecule has 5 rings (SSSR count). The number of carbonyl (C=O) groups is 2. The van der Waals surface area contributed by atoms with Gasteiger partial charge < -0.3 is 30.8 Å². The number of methoxy groups -OCH3 is 1. The van der Waals surface area contributed by atoms with Gasteiger partial charge in [0.15, 0.2) is 29.2 Å². The molecule has 3 atom stereocenters. The minimum atomic E-state index is -1.64. The number of nitrogens with zero attached hydrogens (tertiary/aromatic N) is 2. The molecule has 2 aliphatic carbocycles. The molecule has 0 aliphatic heterocycles. The number of nitrogens with two attached hydrogens (primary N) is 1. The monoisotopic (exact) mass is 656 g/mol. The van der Waals surface area contributed by atoms with E-state index < -0.39 is 29.0 Å². The molecule has 258 valence electrons. The average Bonchev–Trinajstić information content (AvgIpc) is 3.62. The molecular formula is C39H50N3O6-. The van der Waals surface area contributed by atoms with Gasteiger partial charge in [0.25, 0.3) is 0 Å². The number of rotatable bonds is 17. The van der Waals surface area contributed by atoms with Crippen molar-refractivity contribution < 1.29 is 29.6 Å². The summed E-state index contributed by atoms with van der Waals surface area (Å²) in [6.07, 6.45) is 18.1. The summed E-state index contributed by atoms with van der Waals surface area (Å²) in [7, 11) is 1.45. The van der Waals surface area contributed by atoms with Crippen molar-refractivity contribution >= 4 is 23.5 Å². The Balaban J connectivity index is 1.27. The van der Waals surface area contributed by atoms with Gasteiger partial charge in [0.1, 0.15) is 5.82 Å². The zero-order valence-corrected chi connectivity index (χ0v) is 28.1. The molecule has 1 saturated carbocycles. The lowest BCUT2D eigenvalue weighted by molar-refractivity contribution is -0.138. The number of aryl methyl sites for hydroxylation is 1. The van der Waals surface area contributed by atoms with Crippen molar-refractivity contribution in [3.8, 4) is 11.5 Å². The van der Waals surface area contributed by atoms with E-state index in [1.807, 2.05) is 30.4 Å². The molecule has 0 radical (unpaired) electrons. The van der Waals surface area contributed by atoms with E-state index in [-0.39, 0.29) is 37.4 Å². The number of ether oxygens (including phenoxy) is 1. The molecule has 9 nitrogen and oxygen atoms in total. The highest BCUT2D eigenvalue weighted by Gasteiger charge is 2.43. The summed E-state index contributed by atoms with van der Waals surface area (Å²) in [4.78, 5) is 34.4. The third kappa shape index (κ3) is 8.18. The number of anilines is 1. The van der Waals surface area contributed by atoms with E-state index >= 15 is 0 Å². The van der Waals surface area contributed by atoms with E-state index in [0.717, 1.165) is 30.0 Å². The van der Waals surface area contributed by atoms with Gasteiger partial charge in [-0.05, 0) is 48.4 Å². The Morgan fingerprint density at radius 3 is 2.56 bits per heavy atom.